The predicted molar refractivity (Wildman–Crippen MR) is 86.1 cm³/mol. The second-order valence-electron chi connectivity index (χ2n) is 6.78. The van der Waals surface area contributed by atoms with E-state index in [1.54, 1.807) is 34.6 Å². The number of nitrogens with one attached hydrogen (secondary N) is 2. The van der Waals surface area contributed by atoms with Crippen LogP contribution in [-0.2, 0) is 11.3 Å². The van der Waals surface area contributed by atoms with Crippen molar-refractivity contribution in [2.45, 2.75) is 58.3 Å². The van der Waals surface area contributed by atoms with E-state index in [2.05, 4.69) is 16.7 Å². The first-order chi connectivity index (χ1) is 10.1. The van der Waals surface area contributed by atoms with Gasteiger partial charge in [-0.25, -0.2) is 4.79 Å². The summed E-state index contributed by atoms with van der Waals surface area (Å²) in [4.78, 5) is 11.9. The van der Waals surface area contributed by atoms with Gasteiger partial charge >= 0.3 is 6.09 Å². The summed E-state index contributed by atoms with van der Waals surface area (Å²) in [6.07, 6.45) is -0.528. The number of amides is 1. The van der Waals surface area contributed by atoms with Crippen molar-refractivity contribution in [3.63, 3.8) is 0 Å². The minimum atomic E-state index is -0.758. The quantitative estimate of drug-likeness (QED) is 0.877. The average Bonchev–Trinajstić information content (AvgIpc) is 2.37. The van der Waals surface area contributed by atoms with E-state index in [0.29, 0.717) is 6.54 Å². The number of alkyl carbamates (subject to hydrolysis) is 1. The Labute approximate surface area is 132 Å². The summed E-state index contributed by atoms with van der Waals surface area (Å²) in [5, 5.41) is 15.3. The van der Waals surface area contributed by atoms with E-state index in [1.165, 1.54) is 0 Å². The van der Waals surface area contributed by atoms with E-state index < -0.39 is 23.3 Å². The van der Waals surface area contributed by atoms with Crippen LogP contribution >= 0.6 is 0 Å². The van der Waals surface area contributed by atoms with Gasteiger partial charge < -0.3 is 10.1 Å². The van der Waals surface area contributed by atoms with Crippen LogP contribution in [0.1, 0.15) is 40.2 Å². The average molecular weight is 303 g/mol. The molecule has 0 aliphatic carbocycles. The van der Waals surface area contributed by atoms with E-state index in [9.17, 15) is 10.1 Å². The molecule has 0 heterocycles. The van der Waals surface area contributed by atoms with Crippen LogP contribution in [0.5, 0.6) is 0 Å². The molecule has 1 aromatic rings. The lowest BCUT2D eigenvalue weighted by molar-refractivity contribution is 0.0460. The van der Waals surface area contributed by atoms with Crippen molar-refractivity contribution in [1.29, 1.82) is 5.26 Å². The number of nitriles is 1. The third kappa shape index (κ3) is 6.15. The Morgan fingerprint density at radius 2 is 1.82 bits per heavy atom. The minimum absolute atomic E-state index is 0.528. The third-order valence-corrected chi connectivity index (χ3v) is 3.03. The van der Waals surface area contributed by atoms with E-state index in [1.807, 2.05) is 30.3 Å². The second kappa shape index (κ2) is 7.28. The topological polar surface area (TPSA) is 74.1 Å². The van der Waals surface area contributed by atoms with Crippen LogP contribution in [0.4, 0.5) is 4.79 Å². The number of carbonyl (C=O) groups is 1. The van der Waals surface area contributed by atoms with Crippen molar-refractivity contribution in [2.75, 3.05) is 0 Å². The summed E-state index contributed by atoms with van der Waals surface area (Å²) in [5.41, 5.74) is -0.248. The molecule has 1 rings (SSSR count). The van der Waals surface area contributed by atoms with Gasteiger partial charge in [-0.3, -0.25) is 5.32 Å². The first-order valence-corrected chi connectivity index (χ1v) is 7.32. The van der Waals surface area contributed by atoms with Crippen molar-refractivity contribution in [2.24, 2.45) is 0 Å². The molecule has 0 saturated carbocycles. The highest BCUT2D eigenvalue weighted by molar-refractivity contribution is 5.69. The Bertz CT molecular complexity index is 527. The maximum absolute atomic E-state index is 11.9. The van der Waals surface area contributed by atoms with Gasteiger partial charge in [-0.05, 0) is 40.2 Å². The molecule has 1 aromatic carbocycles. The van der Waals surface area contributed by atoms with Gasteiger partial charge in [0.05, 0.1) is 11.6 Å². The second-order valence-corrected chi connectivity index (χ2v) is 6.78. The van der Waals surface area contributed by atoms with E-state index >= 15 is 0 Å². The fraction of sp³-hybridized carbons (Fsp3) is 0.529. The van der Waals surface area contributed by atoms with Gasteiger partial charge in [0.1, 0.15) is 11.6 Å². The largest absolute Gasteiger partial charge is 0.444 e. The molecule has 1 unspecified atom stereocenters. The van der Waals surface area contributed by atoms with E-state index in [-0.39, 0.29) is 0 Å². The molecule has 5 nitrogen and oxygen atoms in total. The minimum Gasteiger partial charge on any atom is -0.444 e. The Morgan fingerprint density at radius 3 is 2.32 bits per heavy atom. The smallest absolute Gasteiger partial charge is 0.408 e. The van der Waals surface area contributed by atoms with Gasteiger partial charge in [0.2, 0.25) is 0 Å². The highest BCUT2D eigenvalue weighted by atomic mass is 16.6. The standard InChI is InChI=1S/C17H25N3O2/c1-16(2,3)22-15(21)20-17(4,5)14(11-18)19-12-13-9-7-6-8-10-13/h6-10,14,19H,12H2,1-5H3,(H,20,21). The number of nitrogens with zero attached hydrogens (tertiary/aromatic N) is 1. The Morgan fingerprint density at radius 1 is 1.23 bits per heavy atom. The van der Waals surface area contributed by atoms with Crippen LogP contribution in [0.25, 0.3) is 0 Å². The molecular weight excluding hydrogens is 278 g/mol. The SMILES string of the molecule is CC(C)(C)OC(=O)NC(C)(C)C(C#N)NCc1ccccc1. The van der Waals surface area contributed by atoms with Crippen molar-refractivity contribution in [1.82, 2.24) is 10.6 Å². The number of benzene rings is 1. The molecule has 5 heteroatoms. The zero-order chi connectivity index (χ0) is 16.8. The van der Waals surface area contributed by atoms with Crippen LogP contribution in [0.2, 0.25) is 0 Å². The van der Waals surface area contributed by atoms with Crippen molar-refractivity contribution < 1.29 is 9.53 Å². The lowest BCUT2D eigenvalue weighted by atomic mass is 9.95. The highest BCUT2D eigenvalue weighted by Gasteiger charge is 2.32. The van der Waals surface area contributed by atoms with Crippen molar-refractivity contribution in [3.05, 3.63) is 35.9 Å². The fourth-order valence-electron chi connectivity index (χ4n) is 1.92. The van der Waals surface area contributed by atoms with Gasteiger partial charge in [0, 0.05) is 6.54 Å². The molecule has 22 heavy (non-hydrogen) atoms. The summed E-state index contributed by atoms with van der Waals surface area (Å²) in [6, 6.07) is 11.5. The molecule has 0 aliphatic heterocycles. The van der Waals surface area contributed by atoms with Crippen molar-refractivity contribution in [3.8, 4) is 6.07 Å². The Hall–Kier alpha value is -2.06. The summed E-state index contributed by atoms with van der Waals surface area (Å²) in [6.45, 7) is 9.54. The number of hydrogen-bond donors (Lipinski definition) is 2. The van der Waals surface area contributed by atoms with Crippen LogP contribution < -0.4 is 10.6 Å². The first kappa shape index (κ1) is 18.0. The molecule has 0 bridgehead atoms. The zero-order valence-electron chi connectivity index (χ0n) is 13.9. The molecule has 2 N–H and O–H groups in total. The Kier molecular flexibility index (Phi) is 5.95. The van der Waals surface area contributed by atoms with E-state index in [0.717, 1.165) is 5.56 Å². The molecule has 0 aromatic heterocycles. The molecule has 0 aliphatic rings. The van der Waals surface area contributed by atoms with Gasteiger partial charge in [-0.2, -0.15) is 5.26 Å². The summed E-state index contributed by atoms with van der Waals surface area (Å²) in [5.74, 6) is 0. The lowest BCUT2D eigenvalue weighted by Gasteiger charge is -2.32. The zero-order valence-corrected chi connectivity index (χ0v) is 13.9. The van der Waals surface area contributed by atoms with E-state index in [4.69, 9.17) is 4.74 Å². The predicted octanol–water partition coefficient (Wildman–Crippen LogP) is 2.97. The fourth-order valence-corrected chi connectivity index (χ4v) is 1.92. The summed E-state index contributed by atoms with van der Waals surface area (Å²) in [7, 11) is 0. The highest BCUT2D eigenvalue weighted by Crippen LogP contribution is 2.13. The monoisotopic (exact) mass is 303 g/mol. The van der Waals surface area contributed by atoms with Crippen LogP contribution in [0.15, 0.2) is 30.3 Å². The summed E-state index contributed by atoms with van der Waals surface area (Å²) >= 11 is 0. The molecule has 120 valence electrons. The lowest BCUT2D eigenvalue weighted by Crippen LogP contribution is -2.57. The maximum Gasteiger partial charge on any atom is 0.408 e. The van der Waals surface area contributed by atoms with Crippen molar-refractivity contribution >= 4 is 6.09 Å². The van der Waals surface area contributed by atoms with Gasteiger partial charge in [0.15, 0.2) is 0 Å². The molecule has 0 fully saturated rings. The maximum atomic E-state index is 11.9. The number of ether oxygens (including phenoxy) is 1. The van der Waals surface area contributed by atoms with Crippen LogP contribution in [0, 0.1) is 11.3 Å². The molecular formula is C17H25N3O2. The third-order valence-electron chi connectivity index (χ3n) is 3.03. The van der Waals surface area contributed by atoms with Gasteiger partial charge in [-0.1, -0.05) is 30.3 Å². The van der Waals surface area contributed by atoms with Gasteiger partial charge in [0.25, 0.3) is 0 Å². The summed E-state index contributed by atoms with van der Waals surface area (Å²) < 4.78 is 5.24. The van der Waals surface area contributed by atoms with Crippen LogP contribution in [0.3, 0.4) is 0 Å². The van der Waals surface area contributed by atoms with Crippen LogP contribution in [-0.4, -0.2) is 23.3 Å². The first-order valence-electron chi connectivity index (χ1n) is 7.32. The molecule has 1 amide bonds. The molecule has 0 radical (unpaired) electrons. The normalized spacial score (nSPS) is 13.1. The number of rotatable bonds is 5. The Balaban J connectivity index is 2.63. The van der Waals surface area contributed by atoms with Gasteiger partial charge in [-0.15, -0.1) is 0 Å². The number of carbonyl (C=O) groups excluding carboxylic acids is 1. The molecule has 1 atom stereocenters. The molecule has 0 saturated heterocycles. The molecule has 0 spiro atoms. The number of hydrogen-bond acceptors (Lipinski definition) is 4.